The van der Waals surface area contributed by atoms with E-state index in [1.165, 1.54) is 5.56 Å². The van der Waals surface area contributed by atoms with Crippen LogP contribution in [0, 0.1) is 0 Å². The molecule has 0 spiro atoms. The highest BCUT2D eigenvalue weighted by atomic mass is 14.8. The van der Waals surface area contributed by atoms with Gasteiger partial charge in [0.25, 0.3) is 0 Å². The molecule has 13 heavy (non-hydrogen) atoms. The minimum atomic E-state index is 0.845. The topological polar surface area (TPSA) is 12.0 Å². The molecule has 0 aliphatic carbocycles. The zero-order valence-corrected chi connectivity index (χ0v) is 8.22. The molecule has 1 nitrogen and oxygen atoms in total. The predicted octanol–water partition coefficient (Wildman–Crippen LogP) is 1.73. The summed E-state index contributed by atoms with van der Waals surface area (Å²) in [5.41, 5.74) is 4.16. The Morgan fingerprint density at radius 2 is 2.23 bits per heavy atom. The van der Waals surface area contributed by atoms with E-state index in [0.717, 1.165) is 23.1 Å². The van der Waals surface area contributed by atoms with E-state index in [9.17, 15) is 0 Å². The SMILES string of the molecule is [B]c1cc(NC)c(C=C)cc1CC. The van der Waals surface area contributed by atoms with Crippen LogP contribution in [0.15, 0.2) is 18.7 Å². The van der Waals surface area contributed by atoms with Gasteiger partial charge in [-0.05, 0) is 18.1 Å². The Kier molecular flexibility index (Phi) is 3.18. The van der Waals surface area contributed by atoms with Crippen molar-refractivity contribution in [2.24, 2.45) is 0 Å². The van der Waals surface area contributed by atoms with Crippen LogP contribution in [-0.2, 0) is 6.42 Å². The lowest BCUT2D eigenvalue weighted by molar-refractivity contribution is 1.15. The highest BCUT2D eigenvalue weighted by Crippen LogP contribution is 2.16. The van der Waals surface area contributed by atoms with Crippen molar-refractivity contribution in [3.8, 4) is 0 Å². The largest absolute Gasteiger partial charge is 0.388 e. The first-order valence-corrected chi connectivity index (χ1v) is 4.45. The van der Waals surface area contributed by atoms with Crippen molar-refractivity contribution in [2.75, 3.05) is 12.4 Å². The van der Waals surface area contributed by atoms with Crippen LogP contribution >= 0.6 is 0 Å². The minimum absolute atomic E-state index is 0.845. The molecule has 0 saturated heterocycles. The van der Waals surface area contributed by atoms with Crippen LogP contribution in [0.5, 0.6) is 0 Å². The van der Waals surface area contributed by atoms with Crippen LogP contribution in [0.25, 0.3) is 6.08 Å². The van der Waals surface area contributed by atoms with Crippen LogP contribution in [-0.4, -0.2) is 14.9 Å². The molecule has 2 heteroatoms. The van der Waals surface area contributed by atoms with Gasteiger partial charge in [0.15, 0.2) is 0 Å². The van der Waals surface area contributed by atoms with E-state index in [-0.39, 0.29) is 0 Å². The Balaban J connectivity index is 3.26. The lowest BCUT2D eigenvalue weighted by Crippen LogP contribution is -2.11. The van der Waals surface area contributed by atoms with E-state index in [1.54, 1.807) is 0 Å². The Bertz CT molecular complexity index is 318. The number of hydrogen-bond acceptors (Lipinski definition) is 1. The van der Waals surface area contributed by atoms with Gasteiger partial charge in [-0.25, -0.2) is 0 Å². The smallest absolute Gasteiger partial charge is 0.114 e. The van der Waals surface area contributed by atoms with Crippen LogP contribution in [0.2, 0.25) is 0 Å². The number of hydrogen-bond donors (Lipinski definition) is 1. The lowest BCUT2D eigenvalue weighted by Gasteiger charge is -2.10. The standard InChI is InChI=1S/C11H14BN/c1-4-8-6-9(5-2)11(13-3)7-10(8)12/h5-7,13H,2,4H2,1,3H3. The zero-order valence-electron chi connectivity index (χ0n) is 8.22. The fourth-order valence-corrected chi connectivity index (χ4v) is 1.37. The fraction of sp³-hybridized carbons (Fsp3) is 0.273. The molecule has 1 N–H and O–H groups in total. The maximum Gasteiger partial charge on any atom is 0.114 e. The van der Waals surface area contributed by atoms with Crippen molar-refractivity contribution < 1.29 is 0 Å². The maximum absolute atomic E-state index is 5.86. The van der Waals surface area contributed by atoms with E-state index >= 15 is 0 Å². The molecule has 1 rings (SSSR count). The van der Waals surface area contributed by atoms with Crippen LogP contribution < -0.4 is 10.8 Å². The first-order chi connectivity index (χ1) is 6.22. The van der Waals surface area contributed by atoms with Crippen molar-refractivity contribution in [1.82, 2.24) is 0 Å². The van der Waals surface area contributed by atoms with Crippen molar-refractivity contribution >= 4 is 25.1 Å². The number of rotatable bonds is 3. The summed E-state index contributed by atoms with van der Waals surface area (Å²) in [6.07, 6.45) is 2.79. The van der Waals surface area contributed by atoms with Crippen molar-refractivity contribution in [1.29, 1.82) is 0 Å². The molecular weight excluding hydrogens is 157 g/mol. The molecule has 0 atom stereocenters. The van der Waals surface area contributed by atoms with Crippen LogP contribution in [0.3, 0.4) is 0 Å². The predicted molar refractivity (Wildman–Crippen MR) is 60.8 cm³/mol. The average molecular weight is 171 g/mol. The molecule has 0 aromatic heterocycles. The number of anilines is 1. The molecular formula is C11H14BN. The summed E-state index contributed by atoms with van der Waals surface area (Å²) < 4.78 is 0. The second-order valence-electron chi connectivity index (χ2n) is 2.95. The average Bonchev–Trinajstić information content (AvgIpc) is 2.17. The van der Waals surface area contributed by atoms with Gasteiger partial charge in [0.05, 0.1) is 0 Å². The Hall–Kier alpha value is -1.18. The first kappa shape index (κ1) is 9.91. The second kappa shape index (κ2) is 4.17. The lowest BCUT2D eigenvalue weighted by atomic mass is 9.87. The van der Waals surface area contributed by atoms with Crippen molar-refractivity contribution in [3.63, 3.8) is 0 Å². The van der Waals surface area contributed by atoms with E-state index in [0.29, 0.717) is 0 Å². The molecule has 1 aromatic rings. The normalized spacial score (nSPS) is 9.69. The van der Waals surface area contributed by atoms with Gasteiger partial charge in [-0.3, -0.25) is 0 Å². The molecule has 66 valence electrons. The highest BCUT2D eigenvalue weighted by molar-refractivity contribution is 6.33. The van der Waals surface area contributed by atoms with E-state index in [2.05, 4.69) is 24.9 Å². The van der Waals surface area contributed by atoms with Crippen molar-refractivity contribution in [3.05, 3.63) is 29.8 Å². The van der Waals surface area contributed by atoms with Crippen molar-refractivity contribution in [2.45, 2.75) is 13.3 Å². The summed E-state index contributed by atoms with van der Waals surface area (Å²) in [6, 6.07) is 4.03. The van der Waals surface area contributed by atoms with E-state index < -0.39 is 0 Å². The molecule has 0 aliphatic rings. The number of aryl methyl sites for hydroxylation is 1. The van der Waals surface area contributed by atoms with Crippen LogP contribution in [0.4, 0.5) is 5.69 Å². The molecule has 0 unspecified atom stereocenters. The summed E-state index contributed by atoms with van der Waals surface area (Å²) in [7, 11) is 7.74. The molecule has 0 amide bonds. The summed E-state index contributed by atoms with van der Waals surface area (Å²) in [5, 5.41) is 3.09. The summed E-state index contributed by atoms with van der Waals surface area (Å²) in [6.45, 7) is 5.86. The third-order valence-corrected chi connectivity index (χ3v) is 2.18. The minimum Gasteiger partial charge on any atom is -0.388 e. The van der Waals surface area contributed by atoms with E-state index in [1.807, 2.05) is 19.2 Å². The molecule has 2 radical (unpaired) electrons. The van der Waals surface area contributed by atoms with Gasteiger partial charge < -0.3 is 5.32 Å². The number of benzene rings is 1. The van der Waals surface area contributed by atoms with Crippen LogP contribution in [0.1, 0.15) is 18.1 Å². The molecule has 0 saturated carbocycles. The summed E-state index contributed by atoms with van der Waals surface area (Å²) in [5.74, 6) is 0. The van der Waals surface area contributed by atoms with Gasteiger partial charge in [0.1, 0.15) is 7.85 Å². The molecule has 0 fully saturated rings. The van der Waals surface area contributed by atoms with Gasteiger partial charge in [0.2, 0.25) is 0 Å². The highest BCUT2D eigenvalue weighted by Gasteiger charge is 2.01. The van der Waals surface area contributed by atoms with Gasteiger partial charge in [0, 0.05) is 12.7 Å². The molecule has 0 heterocycles. The third kappa shape index (κ3) is 1.94. The quantitative estimate of drug-likeness (QED) is 0.683. The maximum atomic E-state index is 5.86. The third-order valence-electron chi connectivity index (χ3n) is 2.18. The zero-order chi connectivity index (χ0) is 9.84. The monoisotopic (exact) mass is 171 g/mol. The number of nitrogens with one attached hydrogen (secondary N) is 1. The molecule has 0 aliphatic heterocycles. The molecule has 1 aromatic carbocycles. The first-order valence-electron chi connectivity index (χ1n) is 4.45. The van der Waals surface area contributed by atoms with Gasteiger partial charge in [-0.1, -0.05) is 36.7 Å². The second-order valence-corrected chi connectivity index (χ2v) is 2.95. The summed E-state index contributed by atoms with van der Waals surface area (Å²) >= 11 is 0. The van der Waals surface area contributed by atoms with Gasteiger partial charge in [-0.15, -0.1) is 0 Å². The van der Waals surface area contributed by atoms with Gasteiger partial charge in [-0.2, -0.15) is 0 Å². The Morgan fingerprint density at radius 3 is 2.69 bits per heavy atom. The molecule has 0 bridgehead atoms. The fourth-order valence-electron chi connectivity index (χ4n) is 1.37. The Labute approximate surface area is 81.3 Å². The Morgan fingerprint density at radius 1 is 1.54 bits per heavy atom. The van der Waals surface area contributed by atoms with Gasteiger partial charge >= 0.3 is 0 Å². The summed E-state index contributed by atoms with van der Waals surface area (Å²) in [4.78, 5) is 0. The van der Waals surface area contributed by atoms with E-state index in [4.69, 9.17) is 7.85 Å².